The minimum absolute atomic E-state index is 0.0855. The largest absolute Gasteiger partial charge is 0.516 e. The number of benzene rings is 2. The zero-order chi connectivity index (χ0) is 27.6. The second-order valence-corrected chi connectivity index (χ2v) is 9.99. The van der Waals surface area contributed by atoms with E-state index in [-0.39, 0.29) is 25.3 Å². The Hall–Kier alpha value is -3.28. The van der Waals surface area contributed by atoms with Gasteiger partial charge in [0.2, 0.25) is 5.91 Å². The van der Waals surface area contributed by atoms with Gasteiger partial charge in [0.1, 0.15) is 11.5 Å². The third-order valence-corrected chi connectivity index (χ3v) is 6.76. The van der Waals surface area contributed by atoms with Crippen LogP contribution in [0.3, 0.4) is 0 Å². The lowest BCUT2D eigenvalue weighted by Crippen LogP contribution is -2.40. The molecule has 0 radical (unpaired) electrons. The first-order chi connectivity index (χ1) is 17.4. The molecule has 0 saturated carbocycles. The first kappa shape index (κ1) is 29.9. The van der Waals surface area contributed by atoms with E-state index in [1.54, 1.807) is 24.0 Å². The second-order valence-electron chi connectivity index (χ2n) is 8.32. The molecule has 2 rings (SSSR count). The fraction of sp³-hybridized carbons (Fsp3) is 0.440. The molecule has 0 unspecified atom stereocenters. The molecule has 0 aliphatic rings. The SMILES string of the molecule is COc1cc(C(=O)N(CCCCC(=O)NS(=O)(=O)C(F)(F)F)CCCc2ccccc2)cc(OC)c1C. The van der Waals surface area contributed by atoms with Crippen LogP contribution in [0.4, 0.5) is 13.2 Å². The highest BCUT2D eigenvalue weighted by Gasteiger charge is 2.46. The summed E-state index contributed by atoms with van der Waals surface area (Å²) < 4.78 is 71.2. The number of methoxy groups -OCH3 is 2. The standard InChI is InChI=1S/C25H31F3N2O6S/c1-18-21(35-2)16-20(17-22(18)36-3)24(32)30(15-9-12-19-10-5-4-6-11-19)14-8-7-13-23(31)29-37(33,34)25(26,27)28/h4-6,10-11,16-17H,7-9,12-15H2,1-3H3,(H,29,31). The molecule has 0 fully saturated rings. The van der Waals surface area contributed by atoms with Crippen LogP contribution in [0.5, 0.6) is 11.5 Å². The van der Waals surface area contributed by atoms with Gasteiger partial charge in [0.15, 0.2) is 0 Å². The first-order valence-electron chi connectivity index (χ1n) is 11.6. The number of carbonyl (C=O) groups is 2. The highest BCUT2D eigenvalue weighted by Crippen LogP contribution is 2.30. The Labute approximate surface area is 214 Å². The van der Waals surface area contributed by atoms with E-state index in [0.717, 1.165) is 22.3 Å². The molecule has 0 saturated heterocycles. The molecule has 0 aliphatic heterocycles. The lowest BCUT2D eigenvalue weighted by molar-refractivity contribution is -0.120. The van der Waals surface area contributed by atoms with Crippen LogP contribution in [0.2, 0.25) is 0 Å². The number of nitrogens with zero attached hydrogens (tertiary/aromatic N) is 1. The van der Waals surface area contributed by atoms with Crippen LogP contribution in [0.1, 0.15) is 47.2 Å². The summed E-state index contributed by atoms with van der Waals surface area (Å²) >= 11 is 0. The Morgan fingerprint density at radius 1 is 0.946 bits per heavy atom. The first-order valence-corrected chi connectivity index (χ1v) is 13.1. The molecule has 0 bridgehead atoms. The summed E-state index contributed by atoms with van der Waals surface area (Å²) in [5.74, 6) is -0.593. The smallest absolute Gasteiger partial charge is 0.496 e. The number of halogens is 3. The minimum Gasteiger partial charge on any atom is -0.496 e. The summed E-state index contributed by atoms with van der Waals surface area (Å²) in [7, 11) is -2.78. The van der Waals surface area contributed by atoms with Gasteiger partial charge in [0, 0.05) is 30.6 Å². The maximum absolute atomic E-state index is 13.4. The van der Waals surface area contributed by atoms with E-state index in [1.807, 2.05) is 30.3 Å². The fourth-order valence-electron chi connectivity index (χ4n) is 3.67. The molecule has 0 aromatic heterocycles. The van der Waals surface area contributed by atoms with E-state index in [2.05, 4.69) is 0 Å². The molecule has 204 valence electrons. The molecule has 0 atom stereocenters. The van der Waals surface area contributed by atoms with Gasteiger partial charge in [-0.3, -0.25) is 9.59 Å². The Balaban J connectivity index is 2.08. The van der Waals surface area contributed by atoms with Crippen LogP contribution in [-0.2, 0) is 21.2 Å². The Morgan fingerprint density at radius 2 is 1.51 bits per heavy atom. The van der Waals surface area contributed by atoms with Gasteiger partial charge in [0.25, 0.3) is 5.91 Å². The highest BCUT2D eigenvalue weighted by molar-refractivity contribution is 7.90. The van der Waals surface area contributed by atoms with Crippen LogP contribution < -0.4 is 14.2 Å². The molecule has 8 nitrogen and oxygen atoms in total. The summed E-state index contributed by atoms with van der Waals surface area (Å²) in [6, 6.07) is 12.9. The van der Waals surface area contributed by atoms with Crippen LogP contribution >= 0.6 is 0 Å². The second kappa shape index (κ2) is 13.3. The number of hydrogen-bond donors (Lipinski definition) is 1. The van der Waals surface area contributed by atoms with E-state index < -0.39 is 27.9 Å². The topological polar surface area (TPSA) is 102 Å². The van der Waals surface area contributed by atoms with Crippen molar-refractivity contribution in [1.82, 2.24) is 9.62 Å². The average molecular weight is 545 g/mol. The molecule has 2 aromatic carbocycles. The van der Waals surface area contributed by atoms with E-state index in [0.29, 0.717) is 30.0 Å². The molecule has 37 heavy (non-hydrogen) atoms. The van der Waals surface area contributed by atoms with E-state index in [9.17, 15) is 31.2 Å². The predicted molar refractivity (Wildman–Crippen MR) is 132 cm³/mol. The van der Waals surface area contributed by atoms with E-state index in [4.69, 9.17) is 9.47 Å². The summed E-state index contributed by atoms with van der Waals surface area (Å²) in [6.07, 6.45) is 1.30. The third kappa shape index (κ3) is 8.66. The van der Waals surface area contributed by atoms with Gasteiger partial charge in [-0.2, -0.15) is 21.6 Å². The molecule has 0 spiro atoms. The normalized spacial score (nSPS) is 11.6. The maximum atomic E-state index is 13.4. The van der Waals surface area contributed by atoms with Crippen LogP contribution in [-0.4, -0.2) is 57.9 Å². The van der Waals surface area contributed by atoms with Crippen molar-refractivity contribution in [2.24, 2.45) is 0 Å². The van der Waals surface area contributed by atoms with Gasteiger partial charge in [-0.15, -0.1) is 0 Å². The number of amides is 2. The van der Waals surface area contributed by atoms with Crippen molar-refractivity contribution in [3.63, 3.8) is 0 Å². The number of aryl methyl sites for hydroxylation is 1. The number of ether oxygens (including phenoxy) is 2. The van der Waals surface area contributed by atoms with Crippen molar-refractivity contribution in [3.8, 4) is 11.5 Å². The van der Waals surface area contributed by atoms with Crippen molar-refractivity contribution in [2.45, 2.75) is 44.5 Å². The number of rotatable bonds is 13. The zero-order valence-corrected chi connectivity index (χ0v) is 21.7. The fourth-order valence-corrected chi connectivity index (χ4v) is 4.19. The van der Waals surface area contributed by atoms with Crippen molar-refractivity contribution in [3.05, 3.63) is 59.2 Å². The summed E-state index contributed by atoms with van der Waals surface area (Å²) in [4.78, 5) is 26.7. The monoisotopic (exact) mass is 544 g/mol. The van der Waals surface area contributed by atoms with Gasteiger partial charge >= 0.3 is 15.5 Å². The zero-order valence-electron chi connectivity index (χ0n) is 20.9. The number of alkyl halides is 3. The lowest BCUT2D eigenvalue weighted by atomic mass is 10.1. The average Bonchev–Trinajstić information content (AvgIpc) is 2.84. The summed E-state index contributed by atoms with van der Waals surface area (Å²) in [5, 5.41) is 0. The molecule has 2 amide bonds. The van der Waals surface area contributed by atoms with Gasteiger partial charge in [-0.25, -0.2) is 4.72 Å². The van der Waals surface area contributed by atoms with Crippen molar-refractivity contribution >= 4 is 21.8 Å². The Bertz CT molecular complexity index is 1150. The maximum Gasteiger partial charge on any atom is 0.516 e. The predicted octanol–water partition coefficient (Wildman–Crippen LogP) is 4.22. The van der Waals surface area contributed by atoms with Crippen molar-refractivity contribution in [1.29, 1.82) is 0 Å². The van der Waals surface area contributed by atoms with E-state index in [1.165, 1.54) is 14.2 Å². The van der Waals surface area contributed by atoms with Crippen molar-refractivity contribution in [2.75, 3.05) is 27.3 Å². The van der Waals surface area contributed by atoms with Crippen LogP contribution in [0, 0.1) is 6.92 Å². The summed E-state index contributed by atoms with van der Waals surface area (Å²) in [5.41, 5.74) is -3.39. The molecular weight excluding hydrogens is 513 g/mol. The van der Waals surface area contributed by atoms with Gasteiger partial charge in [0.05, 0.1) is 14.2 Å². The number of nitrogens with one attached hydrogen (secondary N) is 1. The van der Waals surface area contributed by atoms with Gasteiger partial charge < -0.3 is 14.4 Å². The van der Waals surface area contributed by atoms with Gasteiger partial charge in [-0.05, 0) is 50.3 Å². The minimum atomic E-state index is -5.74. The number of unbranched alkanes of at least 4 members (excludes halogenated alkanes) is 1. The van der Waals surface area contributed by atoms with Crippen molar-refractivity contribution < 1.29 is 40.7 Å². The third-order valence-electron chi connectivity index (χ3n) is 5.66. The molecular formula is C25H31F3N2O6S. The van der Waals surface area contributed by atoms with Gasteiger partial charge in [-0.1, -0.05) is 30.3 Å². The Kier molecular flexibility index (Phi) is 10.8. The molecule has 0 aliphatic carbocycles. The molecule has 2 aromatic rings. The van der Waals surface area contributed by atoms with Crippen LogP contribution in [0.15, 0.2) is 42.5 Å². The molecule has 0 heterocycles. The lowest BCUT2D eigenvalue weighted by Gasteiger charge is -2.24. The quantitative estimate of drug-likeness (QED) is 0.379. The number of hydrogen-bond acceptors (Lipinski definition) is 6. The van der Waals surface area contributed by atoms with Crippen LogP contribution in [0.25, 0.3) is 0 Å². The van der Waals surface area contributed by atoms with E-state index >= 15 is 0 Å². The molecule has 12 heteroatoms. The Morgan fingerprint density at radius 3 is 2.05 bits per heavy atom. The molecule has 1 N–H and O–H groups in total. The number of sulfonamides is 1. The number of carbonyl (C=O) groups excluding carboxylic acids is 2. The summed E-state index contributed by atoms with van der Waals surface area (Å²) in [6.45, 7) is 2.40. The highest BCUT2D eigenvalue weighted by atomic mass is 32.2.